The molecule has 23 heavy (non-hydrogen) atoms. The zero-order valence-corrected chi connectivity index (χ0v) is 14.3. The van der Waals surface area contributed by atoms with Crippen molar-refractivity contribution in [3.8, 4) is 5.88 Å². The fourth-order valence-electron chi connectivity index (χ4n) is 2.69. The van der Waals surface area contributed by atoms with Crippen molar-refractivity contribution in [2.75, 3.05) is 39.8 Å². The molecule has 0 spiro atoms. The molecule has 0 aliphatic carbocycles. The molecule has 2 N–H and O–H groups in total. The lowest BCUT2D eigenvalue weighted by Crippen LogP contribution is -2.42. The highest BCUT2D eigenvalue weighted by Crippen LogP contribution is 2.09. The van der Waals surface area contributed by atoms with Gasteiger partial charge in [0.1, 0.15) is 0 Å². The van der Waals surface area contributed by atoms with Crippen LogP contribution in [0.25, 0.3) is 0 Å². The van der Waals surface area contributed by atoms with Crippen LogP contribution in [0.1, 0.15) is 31.7 Å². The Labute approximate surface area is 139 Å². The van der Waals surface area contributed by atoms with Crippen LogP contribution in [0.5, 0.6) is 5.88 Å². The second-order valence-corrected chi connectivity index (χ2v) is 5.73. The second-order valence-electron chi connectivity index (χ2n) is 5.73. The van der Waals surface area contributed by atoms with E-state index in [1.807, 2.05) is 12.1 Å². The Morgan fingerprint density at radius 3 is 2.87 bits per heavy atom. The minimum atomic E-state index is 0.609. The standard InChI is InChI=1S/C17H29N5O/c1-3-18-17(20-9-12-22-10-5-4-6-11-22)21-14-15-7-8-19-16(13-15)23-2/h7-8,13H,3-6,9-12,14H2,1-2H3,(H2,18,20,21). The van der Waals surface area contributed by atoms with Gasteiger partial charge in [-0.25, -0.2) is 9.98 Å². The van der Waals surface area contributed by atoms with E-state index < -0.39 is 0 Å². The quantitative estimate of drug-likeness (QED) is 0.591. The number of ether oxygens (including phenoxy) is 1. The molecule has 1 aromatic rings. The molecule has 0 aromatic carbocycles. The highest BCUT2D eigenvalue weighted by atomic mass is 16.5. The molecule has 1 saturated heterocycles. The Morgan fingerprint density at radius 1 is 1.30 bits per heavy atom. The third-order valence-electron chi connectivity index (χ3n) is 3.94. The van der Waals surface area contributed by atoms with E-state index in [0.29, 0.717) is 12.4 Å². The summed E-state index contributed by atoms with van der Waals surface area (Å²) in [7, 11) is 1.63. The van der Waals surface area contributed by atoms with Crippen LogP contribution >= 0.6 is 0 Å². The minimum absolute atomic E-state index is 0.609. The summed E-state index contributed by atoms with van der Waals surface area (Å²) in [5.74, 6) is 1.49. The van der Waals surface area contributed by atoms with Gasteiger partial charge in [-0.1, -0.05) is 6.42 Å². The lowest BCUT2D eigenvalue weighted by molar-refractivity contribution is 0.232. The van der Waals surface area contributed by atoms with Crippen molar-refractivity contribution in [2.24, 2.45) is 4.99 Å². The van der Waals surface area contributed by atoms with E-state index in [2.05, 4.69) is 32.4 Å². The van der Waals surface area contributed by atoms with Gasteiger partial charge in [0.2, 0.25) is 5.88 Å². The summed E-state index contributed by atoms with van der Waals surface area (Å²) in [5, 5.41) is 6.71. The summed E-state index contributed by atoms with van der Waals surface area (Å²) in [6, 6.07) is 3.88. The summed E-state index contributed by atoms with van der Waals surface area (Å²) in [6.07, 6.45) is 5.79. The number of pyridine rings is 1. The number of nitrogens with zero attached hydrogens (tertiary/aromatic N) is 3. The summed E-state index contributed by atoms with van der Waals surface area (Å²) in [4.78, 5) is 11.3. The van der Waals surface area contributed by atoms with Crippen LogP contribution in [0.15, 0.2) is 23.3 Å². The molecule has 0 amide bonds. The summed E-state index contributed by atoms with van der Waals surface area (Å²) in [5.41, 5.74) is 1.09. The Bertz CT molecular complexity index is 486. The zero-order chi connectivity index (χ0) is 16.3. The molecule has 0 saturated carbocycles. The predicted octanol–water partition coefficient (Wildman–Crippen LogP) is 1.63. The van der Waals surface area contributed by atoms with Crippen molar-refractivity contribution in [2.45, 2.75) is 32.7 Å². The first kappa shape index (κ1) is 17.5. The molecule has 0 bridgehead atoms. The Hall–Kier alpha value is -1.82. The van der Waals surface area contributed by atoms with Gasteiger partial charge >= 0.3 is 0 Å². The first-order valence-corrected chi connectivity index (χ1v) is 8.55. The molecule has 1 aromatic heterocycles. The number of nitrogens with one attached hydrogen (secondary N) is 2. The summed E-state index contributed by atoms with van der Waals surface area (Å²) < 4.78 is 5.14. The molecule has 0 unspecified atom stereocenters. The van der Waals surface area contributed by atoms with Gasteiger partial charge in [-0.15, -0.1) is 0 Å². The maximum Gasteiger partial charge on any atom is 0.213 e. The molecule has 6 heteroatoms. The first-order valence-electron chi connectivity index (χ1n) is 8.55. The first-order chi connectivity index (χ1) is 11.3. The topological polar surface area (TPSA) is 61.8 Å². The Morgan fingerprint density at radius 2 is 2.13 bits per heavy atom. The van der Waals surface area contributed by atoms with Crippen molar-refractivity contribution in [3.63, 3.8) is 0 Å². The van der Waals surface area contributed by atoms with E-state index in [0.717, 1.165) is 31.2 Å². The fraction of sp³-hybridized carbons (Fsp3) is 0.647. The molecule has 2 heterocycles. The van der Waals surface area contributed by atoms with Crippen LogP contribution in [0.2, 0.25) is 0 Å². The summed E-state index contributed by atoms with van der Waals surface area (Å²) in [6.45, 7) is 8.00. The molecule has 1 aliphatic rings. The summed E-state index contributed by atoms with van der Waals surface area (Å²) >= 11 is 0. The number of hydrogen-bond acceptors (Lipinski definition) is 4. The highest BCUT2D eigenvalue weighted by molar-refractivity contribution is 5.79. The normalized spacial score (nSPS) is 16.2. The average molecular weight is 319 g/mol. The molecule has 6 nitrogen and oxygen atoms in total. The molecule has 128 valence electrons. The van der Waals surface area contributed by atoms with Gasteiger partial charge in [-0.2, -0.15) is 0 Å². The van der Waals surface area contributed by atoms with Gasteiger partial charge < -0.3 is 20.3 Å². The smallest absolute Gasteiger partial charge is 0.213 e. The highest BCUT2D eigenvalue weighted by Gasteiger charge is 2.09. The van der Waals surface area contributed by atoms with E-state index >= 15 is 0 Å². The van der Waals surface area contributed by atoms with Crippen LogP contribution < -0.4 is 15.4 Å². The van der Waals surface area contributed by atoms with Crippen molar-refractivity contribution < 1.29 is 4.74 Å². The van der Waals surface area contributed by atoms with Crippen molar-refractivity contribution in [1.82, 2.24) is 20.5 Å². The Balaban J connectivity index is 1.81. The number of rotatable bonds is 7. The lowest BCUT2D eigenvalue weighted by Gasteiger charge is -2.26. The maximum atomic E-state index is 5.14. The molecule has 0 radical (unpaired) electrons. The number of aliphatic imine (C=N–C) groups is 1. The molecule has 1 aliphatic heterocycles. The van der Waals surface area contributed by atoms with Crippen molar-refractivity contribution in [1.29, 1.82) is 0 Å². The van der Waals surface area contributed by atoms with E-state index in [4.69, 9.17) is 4.74 Å². The molecular formula is C17H29N5O. The van der Waals surface area contributed by atoms with Crippen molar-refractivity contribution >= 4 is 5.96 Å². The lowest BCUT2D eigenvalue weighted by atomic mass is 10.1. The Kier molecular flexibility index (Phi) is 7.66. The van der Waals surface area contributed by atoms with Crippen LogP contribution in [0.4, 0.5) is 0 Å². The van der Waals surface area contributed by atoms with E-state index in [9.17, 15) is 0 Å². The van der Waals surface area contributed by atoms with E-state index in [-0.39, 0.29) is 0 Å². The van der Waals surface area contributed by atoms with Gasteiger partial charge in [0, 0.05) is 31.9 Å². The van der Waals surface area contributed by atoms with Gasteiger partial charge in [-0.05, 0) is 44.5 Å². The van der Waals surface area contributed by atoms with Gasteiger partial charge in [0.25, 0.3) is 0 Å². The monoisotopic (exact) mass is 319 g/mol. The van der Waals surface area contributed by atoms with E-state index in [1.165, 1.54) is 32.4 Å². The number of piperidine rings is 1. The van der Waals surface area contributed by atoms with Crippen LogP contribution in [0, 0.1) is 0 Å². The van der Waals surface area contributed by atoms with Gasteiger partial charge in [0.15, 0.2) is 5.96 Å². The SMILES string of the molecule is CCNC(=NCc1ccnc(OC)c1)NCCN1CCCCC1. The largest absolute Gasteiger partial charge is 0.481 e. The van der Waals surface area contributed by atoms with E-state index in [1.54, 1.807) is 13.3 Å². The number of methoxy groups -OCH3 is 1. The van der Waals surface area contributed by atoms with Crippen LogP contribution in [0.3, 0.4) is 0 Å². The zero-order valence-electron chi connectivity index (χ0n) is 14.3. The number of hydrogen-bond donors (Lipinski definition) is 2. The number of aromatic nitrogens is 1. The predicted molar refractivity (Wildman–Crippen MR) is 93.9 cm³/mol. The third kappa shape index (κ3) is 6.44. The molecule has 2 rings (SSSR count). The van der Waals surface area contributed by atoms with Crippen LogP contribution in [-0.2, 0) is 6.54 Å². The average Bonchev–Trinajstić information content (AvgIpc) is 2.61. The van der Waals surface area contributed by atoms with Gasteiger partial charge in [-0.3, -0.25) is 0 Å². The van der Waals surface area contributed by atoms with Crippen molar-refractivity contribution in [3.05, 3.63) is 23.9 Å². The number of guanidine groups is 1. The minimum Gasteiger partial charge on any atom is -0.481 e. The van der Waals surface area contributed by atoms with Gasteiger partial charge in [0.05, 0.1) is 13.7 Å². The second kappa shape index (κ2) is 10.0. The number of likely N-dealkylation sites (tertiary alicyclic amines) is 1. The third-order valence-corrected chi connectivity index (χ3v) is 3.94. The van der Waals surface area contributed by atoms with Crippen LogP contribution in [-0.4, -0.2) is 55.7 Å². The maximum absolute atomic E-state index is 5.14. The molecule has 0 atom stereocenters. The molecule has 1 fully saturated rings. The fourth-order valence-corrected chi connectivity index (χ4v) is 2.69. The molecular weight excluding hydrogens is 290 g/mol.